The van der Waals surface area contributed by atoms with Crippen molar-refractivity contribution in [3.8, 4) is 56.2 Å². The molecule has 0 aliphatic heterocycles. The highest BCUT2D eigenvalue weighted by atomic mass is 16.1. The van der Waals surface area contributed by atoms with Crippen LogP contribution in [0.3, 0.4) is 0 Å². The molecule has 5 heteroatoms. The molecule has 0 fully saturated rings. The van der Waals surface area contributed by atoms with Gasteiger partial charge in [0.2, 0.25) is 0 Å². The quantitative estimate of drug-likeness (QED) is 0.187. The molecule has 0 radical (unpaired) electrons. The van der Waals surface area contributed by atoms with Crippen molar-refractivity contribution in [1.29, 1.82) is 0 Å². The number of imidazole rings is 1. The average Bonchev–Trinajstić information content (AvgIpc) is 3.57. The van der Waals surface area contributed by atoms with E-state index in [0.29, 0.717) is 5.82 Å². The Balaban J connectivity index is 1.15. The number of rotatable bonds is 5. The van der Waals surface area contributed by atoms with Crippen LogP contribution in [0.2, 0.25) is 0 Å². The molecule has 0 N–H and O–H groups in total. The van der Waals surface area contributed by atoms with E-state index in [1.54, 1.807) is 9.13 Å². The summed E-state index contributed by atoms with van der Waals surface area (Å²) in [6.45, 7) is 2.33. The molecule has 8 aromatic rings. The van der Waals surface area contributed by atoms with Crippen LogP contribution in [0, 0.1) is 0 Å². The number of hydrogen-bond donors (Lipinski definition) is 0. The van der Waals surface area contributed by atoms with Crippen LogP contribution in [0.15, 0.2) is 156 Å². The van der Waals surface area contributed by atoms with Gasteiger partial charge in [0.15, 0.2) is 5.82 Å². The number of hydrogen-bond acceptors (Lipinski definition) is 3. The zero-order chi connectivity index (χ0) is 34.0. The van der Waals surface area contributed by atoms with Gasteiger partial charge in [-0.1, -0.05) is 127 Å². The van der Waals surface area contributed by atoms with Crippen molar-refractivity contribution in [1.82, 2.24) is 19.1 Å². The van der Waals surface area contributed by atoms with E-state index in [9.17, 15) is 4.79 Å². The second-order valence-electron chi connectivity index (χ2n) is 13.3. The predicted molar refractivity (Wildman–Crippen MR) is 203 cm³/mol. The first-order valence-corrected chi connectivity index (χ1v) is 16.9. The first-order chi connectivity index (χ1) is 24.4. The van der Waals surface area contributed by atoms with E-state index in [-0.39, 0.29) is 11.1 Å². The lowest BCUT2D eigenvalue weighted by molar-refractivity contribution is 0.714. The summed E-state index contributed by atoms with van der Waals surface area (Å²) in [6, 6.07) is 53.3. The largest absolute Gasteiger partial charge is 0.328 e. The average molecular weight is 647 g/mol. The summed E-state index contributed by atoms with van der Waals surface area (Å²) in [5.74, 6) is 0.689. The summed E-state index contributed by atoms with van der Waals surface area (Å²) < 4.78 is 3.38. The highest BCUT2D eigenvalue weighted by Crippen LogP contribution is 2.53. The van der Waals surface area contributed by atoms with Crippen molar-refractivity contribution >= 4 is 11.0 Å². The van der Waals surface area contributed by atoms with E-state index in [0.717, 1.165) is 50.2 Å². The van der Waals surface area contributed by atoms with Gasteiger partial charge in [-0.15, -0.1) is 0 Å². The molecule has 1 atom stereocenters. The molecule has 2 aromatic heterocycles. The molecule has 0 spiro atoms. The molecule has 1 aliphatic carbocycles. The van der Waals surface area contributed by atoms with Crippen LogP contribution >= 0.6 is 0 Å². The smallest absolute Gasteiger partial charge is 0.295 e. The van der Waals surface area contributed by atoms with Crippen LogP contribution in [-0.2, 0) is 19.5 Å². The minimum absolute atomic E-state index is 0.0286. The minimum Gasteiger partial charge on any atom is -0.295 e. The molecule has 0 amide bonds. The number of fused-ring (bicyclic) bond motifs is 4. The topological polar surface area (TPSA) is 52.7 Å². The summed E-state index contributed by atoms with van der Waals surface area (Å²) in [4.78, 5) is 22.8. The Bertz CT molecular complexity index is 2640. The second-order valence-corrected chi connectivity index (χ2v) is 13.3. The second kappa shape index (κ2) is 11.4. The molecule has 1 aliphatic rings. The summed E-state index contributed by atoms with van der Waals surface area (Å²) in [5.41, 5.74) is 14.8. The number of benzene rings is 6. The predicted octanol–water partition coefficient (Wildman–Crippen LogP) is 9.67. The zero-order valence-electron chi connectivity index (χ0n) is 28.1. The molecule has 50 heavy (non-hydrogen) atoms. The van der Waals surface area contributed by atoms with Gasteiger partial charge in [0.25, 0.3) is 0 Å². The van der Waals surface area contributed by atoms with Crippen LogP contribution in [0.25, 0.3) is 67.2 Å². The van der Waals surface area contributed by atoms with E-state index in [4.69, 9.17) is 9.97 Å². The van der Waals surface area contributed by atoms with Crippen molar-refractivity contribution < 1.29 is 0 Å². The van der Waals surface area contributed by atoms with Gasteiger partial charge in [-0.25, -0.2) is 14.8 Å². The Morgan fingerprint density at radius 3 is 1.78 bits per heavy atom. The van der Waals surface area contributed by atoms with Gasteiger partial charge in [0.1, 0.15) is 0 Å². The normalized spacial score (nSPS) is 14.9. The summed E-state index contributed by atoms with van der Waals surface area (Å²) in [6.07, 6.45) is 0. The maximum Gasteiger partial charge on any atom is 0.328 e. The fourth-order valence-electron chi connectivity index (χ4n) is 7.72. The standard InChI is InChI=1S/C45H34N4O/c1-45(34-14-8-5-9-15-34)37-17-11-10-16-35(37)36-26-33(22-24-38(36)45)43-46-39(30-12-6-4-7-13-30)28-40(47-43)31-20-18-29(19-21-31)32-23-25-41-42(27-32)49(3)44(50)48(41)2/h4-28H,1-3H3. The van der Waals surface area contributed by atoms with E-state index >= 15 is 0 Å². The van der Waals surface area contributed by atoms with Crippen LogP contribution in [0.5, 0.6) is 0 Å². The highest BCUT2D eigenvalue weighted by Gasteiger charge is 2.40. The van der Waals surface area contributed by atoms with Crippen LogP contribution in [-0.4, -0.2) is 19.1 Å². The summed E-state index contributed by atoms with van der Waals surface area (Å²) >= 11 is 0. The Morgan fingerprint density at radius 2 is 1.04 bits per heavy atom. The molecule has 6 aromatic carbocycles. The maximum absolute atomic E-state index is 12.5. The summed E-state index contributed by atoms with van der Waals surface area (Å²) in [7, 11) is 3.62. The molecule has 0 bridgehead atoms. The van der Waals surface area contributed by atoms with Crippen molar-refractivity contribution in [3.63, 3.8) is 0 Å². The molecule has 5 nitrogen and oxygen atoms in total. The van der Waals surface area contributed by atoms with Crippen LogP contribution < -0.4 is 5.69 Å². The highest BCUT2D eigenvalue weighted by molar-refractivity contribution is 5.87. The third-order valence-electron chi connectivity index (χ3n) is 10.5. The zero-order valence-corrected chi connectivity index (χ0v) is 28.1. The Hall–Kier alpha value is -6.33. The molecule has 240 valence electrons. The monoisotopic (exact) mass is 646 g/mol. The molecule has 0 saturated carbocycles. The van der Waals surface area contributed by atoms with Gasteiger partial charge in [0.05, 0.1) is 22.4 Å². The van der Waals surface area contributed by atoms with Gasteiger partial charge in [-0.05, 0) is 70.1 Å². The van der Waals surface area contributed by atoms with Crippen LogP contribution in [0.1, 0.15) is 23.6 Å². The fraction of sp³-hybridized carbons (Fsp3) is 0.0889. The molecule has 9 rings (SSSR count). The Kier molecular flexibility index (Phi) is 6.78. The van der Waals surface area contributed by atoms with Gasteiger partial charge < -0.3 is 0 Å². The maximum atomic E-state index is 12.5. The third kappa shape index (κ3) is 4.58. The number of aromatic nitrogens is 4. The van der Waals surface area contributed by atoms with Gasteiger partial charge in [0, 0.05) is 36.2 Å². The van der Waals surface area contributed by atoms with Crippen molar-refractivity contribution in [3.05, 3.63) is 179 Å². The molecular weight excluding hydrogens is 613 g/mol. The minimum atomic E-state index is -0.259. The lowest BCUT2D eigenvalue weighted by atomic mass is 9.74. The number of aryl methyl sites for hydroxylation is 2. The summed E-state index contributed by atoms with van der Waals surface area (Å²) in [5, 5.41) is 0. The molecule has 2 heterocycles. The van der Waals surface area contributed by atoms with Gasteiger partial charge in [-0.3, -0.25) is 9.13 Å². The number of nitrogens with zero attached hydrogens (tertiary/aromatic N) is 4. The van der Waals surface area contributed by atoms with E-state index in [1.807, 2.05) is 38.4 Å². The first kappa shape index (κ1) is 29.8. The third-order valence-corrected chi connectivity index (χ3v) is 10.5. The first-order valence-electron chi connectivity index (χ1n) is 16.9. The lowest BCUT2D eigenvalue weighted by Gasteiger charge is -2.28. The Morgan fingerprint density at radius 1 is 0.480 bits per heavy atom. The van der Waals surface area contributed by atoms with Crippen molar-refractivity contribution in [2.45, 2.75) is 12.3 Å². The van der Waals surface area contributed by atoms with E-state index in [1.165, 1.54) is 27.8 Å². The van der Waals surface area contributed by atoms with E-state index < -0.39 is 0 Å². The molecule has 0 saturated heterocycles. The lowest BCUT2D eigenvalue weighted by Crippen LogP contribution is -2.22. The van der Waals surface area contributed by atoms with Gasteiger partial charge in [-0.2, -0.15) is 0 Å². The van der Waals surface area contributed by atoms with Crippen molar-refractivity contribution in [2.75, 3.05) is 0 Å². The van der Waals surface area contributed by atoms with E-state index in [2.05, 4.69) is 134 Å². The molecule has 1 unspecified atom stereocenters. The fourth-order valence-corrected chi connectivity index (χ4v) is 7.72. The van der Waals surface area contributed by atoms with Crippen LogP contribution in [0.4, 0.5) is 0 Å². The van der Waals surface area contributed by atoms with Gasteiger partial charge >= 0.3 is 5.69 Å². The SMILES string of the molecule is Cn1c(=O)n(C)c2cc(-c3ccc(-c4cc(-c5ccccc5)nc(-c5ccc6c(c5)-c5ccccc5C6(C)c5ccccc5)n4)cc3)ccc21. The van der Waals surface area contributed by atoms with Crippen molar-refractivity contribution in [2.24, 2.45) is 14.1 Å². The molecular formula is C45H34N4O. The Labute approximate surface area is 290 Å².